The average Bonchev–Trinajstić information content (AvgIpc) is 2.76. The van der Waals surface area contributed by atoms with E-state index in [0.29, 0.717) is 28.7 Å². The number of hydrogen-bond acceptors (Lipinski definition) is 4. The third-order valence-corrected chi connectivity index (χ3v) is 5.74. The van der Waals surface area contributed by atoms with E-state index in [9.17, 15) is 14.4 Å². The van der Waals surface area contributed by atoms with Gasteiger partial charge in [-0.3, -0.25) is 14.4 Å². The molecule has 0 N–H and O–H groups in total. The van der Waals surface area contributed by atoms with Gasteiger partial charge < -0.3 is 4.74 Å². The summed E-state index contributed by atoms with van der Waals surface area (Å²) >= 11 is 0. The highest BCUT2D eigenvalue weighted by Crippen LogP contribution is 2.44. The van der Waals surface area contributed by atoms with Crippen molar-refractivity contribution in [1.82, 2.24) is 0 Å². The molecule has 1 unspecified atom stereocenters. The van der Waals surface area contributed by atoms with Gasteiger partial charge in [0.05, 0.1) is 5.41 Å². The standard InChI is InChI=1S/C25H22O4/c1-25(2,24(28)29-15-16-9-4-3-5-10-16)20-14-8-13-19-21(20)23(27)18-12-7-6-11-17(18)22(19)26/h3-12,14,20H,13,15H2,1-2H3. The van der Waals surface area contributed by atoms with E-state index in [0.717, 1.165) is 5.56 Å². The van der Waals surface area contributed by atoms with E-state index in [1.54, 1.807) is 38.1 Å². The number of carbonyl (C=O) groups is 3. The van der Waals surface area contributed by atoms with Gasteiger partial charge in [0.2, 0.25) is 0 Å². The predicted molar refractivity (Wildman–Crippen MR) is 109 cm³/mol. The second-order valence-corrected chi connectivity index (χ2v) is 7.99. The molecule has 146 valence electrons. The van der Waals surface area contributed by atoms with Gasteiger partial charge in [-0.15, -0.1) is 0 Å². The first-order valence-electron chi connectivity index (χ1n) is 9.70. The highest BCUT2D eigenvalue weighted by Gasteiger charge is 2.46. The van der Waals surface area contributed by atoms with E-state index < -0.39 is 17.3 Å². The number of fused-ring (bicyclic) bond motifs is 1. The van der Waals surface area contributed by atoms with E-state index in [1.807, 2.05) is 42.5 Å². The van der Waals surface area contributed by atoms with Crippen LogP contribution in [0.5, 0.6) is 0 Å². The Hall–Kier alpha value is -3.27. The quantitative estimate of drug-likeness (QED) is 0.564. The second-order valence-electron chi connectivity index (χ2n) is 7.99. The van der Waals surface area contributed by atoms with E-state index in [-0.39, 0.29) is 18.2 Å². The lowest BCUT2D eigenvalue weighted by Crippen LogP contribution is -2.39. The minimum absolute atomic E-state index is 0.127. The number of benzene rings is 2. The summed E-state index contributed by atoms with van der Waals surface area (Å²) in [6.45, 7) is 3.70. The zero-order valence-corrected chi connectivity index (χ0v) is 16.5. The Bertz CT molecular complexity index is 1060. The number of ketones is 2. The summed E-state index contributed by atoms with van der Waals surface area (Å²) in [5.74, 6) is -1.21. The lowest BCUT2D eigenvalue weighted by Gasteiger charge is -2.36. The van der Waals surface area contributed by atoms with Gasteiger partial charge in [-0.05, 0) is 25.8 Å². The fourth-order valence-electron chi connectivity index (χ4n) is 4.03. The number of rotatable bonds is 4. The summed E-state index contributed by atoms with van der Waals surface area (Å²) in [7, 11) is 0. The maximum atomic E-state index is 13.3. The molecule has 2 aromatic rings. The van der Waals surface area contributed by atoms with E-state index in [2.05, 4.69) is 0 Å². The van der Waals surface area contributed by atoms with Crippen molar-refractivity contribution in [3.8, 4) is 0 Å². The highest BCUT2D eigenvalue weighted by atomic mass is 16.5. The van der Waals surface area contributed by atoms with Crippen LogP contribution < -0.4 is 0 Å². The molecule has 0 aromatic heterocycles. The molecule has 0 spiro atoms. The van der Waals surface area contributed by atoms with Gasteiger partial charge in [-0.25, -0.2) is 0 Å². The molecule has 0 saturated carbocycles. The molecule has 2 aliphatic rings. The maximum Gasteiger partial charge on any atom is 0.312 e. The van der Waals surface area contributed by atoms with Crippen LogP contribution >= 0.6 is 0 Å². The van der Waals surface area contributed by atoms with Crippen molar-refractivity contribution in [2.45, 2.75) is 26.9 Å². The third kappa shape index (κ3) is 3.25. The lowest BCUT2D eigenvalue weighted by molar-refractivity contribution is -0.156. The molecule has 0 fully saturated rings. The number of esters is 1. The summed E-state index contributed by atoms with van der Waals surface area (Å²) in [5, 5.41) is 0. The fourth-order valence-corrected chi connectivity index (χ4v) is 4.03. The molecule has 4 heteroatoms. The first-order valence-corrected chi connectivity index (χ1v) is 9.70. The molecule has 2 aromatic carbocycles. The molecule has 0 radical (unpaired) electrons. The van der Waals surface area contributed by atoms with Crippen LogP contribution in [-0.4, -0.2) is 17.5 Å². The fraction of sp³-hybridized carbons (Fsp3) is 0.240. The molecule has 1 atom stereocenters. The Morgan fingerprint density at radius 2 is 1.59 bits per heavy atom. The van der Waals surface area contributed by atoms with Gasteiger partial charge in [-0.1, -0.05) is 66.7 Å². The largest absolute Gasteiger partial charge is 0.460 e. The molecule has 0 amide bonds. The number of ether oxygens (including phenoxy) is 1. The molecule has 29 heavy (non-hydrogen) atoms. The van der Waals surface area contributed by atoms with Gasteiger partial charge in [0, 0.05) is 28.2 Å². The predicted octanol–water partition coefficient (Wildman–Crippen LogP) is 4.71. The van der Waals surface area contributed by atoms with Gasteiger partial charge >= 0.3 is 5.97 Å². The van der Waals surface area contributed by atoms with Crippen LogP contribution in [0.4, 0.5) is 0 Å². The molecule has 2 aliphatic carbocycles. The lowest BCUT2D eigenvalue weighted by atomic mass is 9.66. The number of hydrogen-bond donors (Lipinski definition) is 0. The molecule has 0 aliphatic heterocycles. The summed E-state index contributed by atoms with van der Waals surface area (Å²) in [6.07, 6.45) is 4.14. The first-order chi connectivity index (χ1) is 13.9. The normalized spacial score (nSPS) is 18.3. The van der Waals surface area contributed by atoms with Crippen LogP contribution in [-0.2, 0) is 16.1 Å². The zero-order valence-electron chi connectivity index (χ0n) is 16.5. The summed E-state index contributed by atoms with van der Waals surface area (Å²) in [5.41, 5.74) is 1.67. The van der Waals surface area contributed by atoms with Crippen LogP contribution in [0.3, 0.4) is 0 Å². The minimum Gasteiger partial charge on any atom is -0.460 e. The maximum absolute atomic E-state index is 13.3. The number of allylic oxidation sites excluding steroid dienone is 4. The third-order valence-electron chi connectivity index (χ3n) is 5.74. The van der Waals surface area contributed by atoms with Crippen LogP contribution in [0.15, 0.2) is 77.9 Å². The Balaban J connectivity index is 1.64. The first kappa shape index (κ1) is 19.1. The Labute approximate surface area is 169 Å². The molecule has 4 nitrogen and oxygen atoms in total. The number of Topliss-reactive ketones (excluding diaryl/α,β-unsaturated/α-hetero) is 2. The van der Waals surface area contributed by atoms with Crippen LogP contribution in [0.2, 0.25) is 0 Å². The van der Waals surface area contributed by atoms with Gasteiger partial charge in [-0.2, -0.15) is 0 Å². The summed E-state index contributed by atoms with van der Waals surface area (Å²) in [6, 6.07) is 16.3. The Morgan fingerprint density at radius 3 is 2.28 bits per heavy atom. The molecule has 0 bridgehead atoms. The van der Waals surface area contributed by atoms with Crippen molar-refractivity contribution < 1.29 is 19.1 Å². The van der Waals surface area contributed by atoms with Crippen molar-refractivity contribution in [2.24, 2.45) is 11.3 Å². The topological polar surface area (TPSA) is 60.4 Å². The molecule has 0 heterocycles. The van der Waals surface area contributed by atoms with Crippen molar-refractivity contribution >= 4 is 17.5 Å². The van der Waals surface area contributed by atoms with E-state index >= 15 is 0 Å². The second kappa shape index (κ2) is 7.28. The molecule has 0 saturated heterocycles. The smallest absolute Gasteiger partial charge is 0.312 e. The average molecular weight is 386 g/mol. The minimum atomic E-state index is -0.992. The van der Waals surface area contributed by atoms with Crippen molar-refractivity contribution in [2.75, 3.05) is 0 Å². The zero-order chi connectivity index (χ0) is 20.6. The Kier molecular flexibility index (Phi) is 4.79. The van der Waals surface area contributed by atoms with Crippen molar-refractivity contribution in [3.63, 3.8) is 0 Å². The van der Waals surface area contributed by atoms with Gasteiger partial charge in [0.15, 0.2) is 11.6 Å². The van der Waals surface area contributed by atoms with Crippen LogP contribution in [0.1, 0.15) is 46.5 Å². The van der Waals surface area contributed by atoms with Crippen LogP contribution in [0.25, 0.3) is 0 Å². The SMILES string of the molecule is CC(C)(C(=O)OCc1ccccc1)C1C=CCC2=C1C(=O)c1ccccc1C2=O. The molecule has 4 rings (SSSR count). The molecular formula is C25H22O4. The summed E-state index contributed by atoms with van der Waals surface area (Å²) in [4.78, 5) is 39.2. The Morgan fingerprint density at radius 1 is 0.966 bits per heavy atom. The van der Waals surface area contributed by atoms with Crippen LogP contribution in [0, 0.1) is 11.3 Å². The summed E-state index contributed by atoms with van der Waals surface area (Å²) < 4.78 is 5.57. The van der Waals surface area contributed by atoms with E-state index in [4.69, 9.17) is 4.74 Å². The van der Waals surface area contributed by atoms with Crippen molar-refractivity contribution in [1.29, 1.82) is 0 Å². The molecular weight excluding hydrogens is 364 g/mol. The highest BCUT2D eigenvalue weighted by molar-refractivity contribution is 6.27. The van der Waals surface area contributed by atoms with E-state index in [1.165, 1.54) is 0 Å². The number of carbonyl (C=O) groups excluding carboxylic acids is 3. The van der Waals surface area contributed by atoms with Gasteiger partial charge in [0.1, 0.15) is 6.61 Å². The van der Waals surface area contributed by atoms with Gasteiger partial charge in [0.25, 0.3) is 0 Å². The monoisotopic (exact) mass is 386 g/mol. The van der Waals surface area contributed by atoms with Crippen molar-refractivity contribution in [3.05, 3.63) is 94.6 Å².